The molecule has 2 aliphatic heterocycles. The Bertz CT molecular complexity index is 456. The zero-order valence-corrected chi connectivity index (χ0v) is 11.5. The third kappa shape index (κ3) is 2.52. The van der Waals surface area contributed by atoms with Crippen molar-refractivity contribution in [1.29, 1.82) is 0 Å². The minimum atomic E-state index is 0.312. The van der Waals surface area contributed by atoms with Gasteiger partial charge in [-0.25, -0.2) is 0 Å². The van der Waals surface area contributed by atoms with E-state index < -0.39 is 0 Å². The van der Waals surface area contributed by atoms with E-state index in [1.807, 2.05) is 10.9 Å². The summed E-state index contributed by atoms with van der Waals surface area (Å²) in [4.78, 5) is 14.3. The molecule has 0 bridgehead atoms. The Morgan fingerprint density at radius 1 is 1.47 bits per heavy atom. The van der Waals surface area contributed by atoms with Gasteiger partial charge in [0, 0.05) is 37.3 Å². The third-order valence-corrected chi connectivity index (χ3v) is 4.38. The maximum Gasteiger partial charge on any atom is 0.223 e. The number of amides is 1. The second-order valence-electron chi connectivity index (χ2n) is 5.58. The van der Waals surface area contributed by atoms with Crippen LogP contribution in [0, 0.1) is 5.92 Å². The van der Waals surface area contributed by atoms with Gasteiger partial charge in [-0.1, -0.05) is 0 Å². The molecule has 104 valence electrons. The molecule has 3 rings (SSSR count). The summed E-state index contributed by atoms with van der Waals surface area (Å²) < 4.78 is 1.92. The van der Waals surface area contributed by atoms with Gasteiger partial charge in [0.2, 0.25) is 5.91 Å². The van der Waals surface area contributed by atoms with E-state index in [1.54, 1.807) is 0 Å². The van der Waals surface area contributed by atoms with Crippen molar-refractivity contribution in [2.45, 2.75) is 45.3 Å². The Labute approximate surface area is 114 Å². The minimum absolute atomic E-state index is 0.312. The van der Waals surface area contributed by atoms with Crippen LogP contribution in [0.25, 0.3) is 0 Å². The van der Waals surface area contributed by atoms with Gasteiger partial charge in [0.15, 0.2) is 0 Å². The summed E-state index contributed by atoms with van der Waals surface area (Å²) in [6, 6.07) is 0.424. The van der Waals surface area contributed by atoms with Crippen LogP contribution in [0.1, 0.15) is 31.7 Å². The largest absolute Gasteiger partial charge is 0.335 e. The number of nitrogens with one attached hydrogen (secondary N) is 1. The standard InChI is InChI=1S/C14H22N4O/c1-2-17-9-11(7-16-17)10-18-13-5-6-15-8-12(13)3-4-14(18)19/h7,9,12-13,15H,2-6,8,10H2,1H3. The molecular formula is C14H22N4O. The smallest absolute Gasteiger partial charge is 0.223 e. The maximum absolute atomic E-state index is 12.2. The summed E-state index contributed by atoms with van der Waals surface area (Å²) in [5.74, 6) is 0.945. The number of aryl methyl sites for hydroxylation is 1. The van der Waals surface area contributed by atoms with E-state index in [-0.39, 0.29) is 0 Å². The van der Waals surface area contributed by atoms with Gasteiger partial charge in [-0.3, -0.25) is 9.48 Å². The molecule has 1 N–H and O–H groups in total. The number of aromatic nitrogens is 2. The lowest BCUT2D eigenvalue weighted by atomic mass is 9.84. The Hall–Kier alpha value is -1.36. The molecule has 0 spiro atoms. The van der Waals surface area contributed by atoms with Crippen LogP contribution in [0.4, 0.5) is 0 Å². The highest BCUT2D eigenvalue weighted by Crippen LogP contribution is 2.29. The lowest BCUT2D eigenvalue weighted by molar-refractivity contribution is -0.140. The Balaban J connectivity index is 1.74. The van der Waals surface area contributed by atoms with E-state index in [1.165, 1.54) is 0 Å². The van der Waals surface area contributed by atoms with Crippen LogP contribution >= 0.6 is 0 Å². The molecule has 2 unspecified atom stereocenters. The van der Waals surface area contributed by atoms with E-state index in [0.717, 1.165) is 44.6 Å². The van der Waals surface area contributed by atoms with Crippen molar-refractivity contribution in [2.75, 3.05) is 13.1 Å². The van der Waals surface area contributed by atoms with Crippen molar-refractivity contribution in [3.63, 3.8) is 0 Å². The number of piperidine rings is 2. The van der Waals surface area contributed by atoms with Crippen LogP contribution in [0.15, 0.2) is 12.4 Å². The number of carbonyl (C=O) groups excluding carboxylic acids is 1. The fourth-order valence-corrected chi connectivity index (χ4v) is 3.31. The predicted octanol–water partition coefficient (Wildman–Crippen LogP) is 1.00. The lowest BCUT2D eigenvalue weighted by Gasteiger charge is -2.44. The molecule has 2 atom stereocenters. The molecule has 2 fully saturated rings. The maximum atomic E-state index is 12.2. The Kier molecular flexibility index (Phi) is 3.55. The molecule has 0 saturated carbocycles. The zero-order chi connectivity index (χ0) is 13.2. The SMILES string of the molecule is CCn1cc(CN2C(=O)CCC3CNCCC32)cn1. The van der Waals surface area contributed by atoms with Crippen LogP contribution in [0.3, 0.4) is 0 Å². The van der Waals surface area contributed by atoms with E-state index >= 15 is 0 Å². The molecule has 1 amide bonds. The molecule has 2 saturated heterocycles. The summed E-state index contributed by atoms with van der Waals surface area (Å²) in [6.07, 6.45) is 6.77. The molecule has 5 nitrogen and oxygen atoms in total. The number of carbonyl (C=O) groups is 1. The molecule has 0 aromatic carbocycles. The average Bonchev–Trinajstić information content (AvgIpc) is 2.90. The summed E-state index contributed by atoms with van der Waals surface area (Å²) in [5, 5.41) is 7.74. The van der Waals surface area contributed by atoms with Gasteiger partial charge in [-0.2, -0.15) is 5.10 Å². The first-order valence-corrected chi connectivity index (χ1v) is 7.29. The van der Waals surface area contributed by atoms with Gasteiger partial charge >= 0.3 is 0 Å². The number of nitrogens with zero attached hydrogens (tertiary/aromatic N) is 3. The molecule has 0 aliphatic carbocycles. The highest BCUT2D eigenvalue weighted by atomic mass is 16.2. The van der Waals surface area contributed by atoms with E-state index in [4.69, 9.17) is 0 Å². The first-order valence-electron chi connectivity index (χ1n) is 7.29. The Morgan fingerprint density at radius 2 is 2.37 bits per heavy atom. The van der Waals surface area contributed by atoms with Crippen LogP contribution in [-0.2, 0) is 17.9 Å². The van der Waals surface area contributed by atoms with Crippen molar-refractivity contribution in [1.82, 2.24) is 20.0 Å². The number of fused-ring (bicyclic) bond motifs is 1. The second kappa shape index (κ2) is 5.33. The molecule has 1 aromatic heterocycles. The first kappa shape index (κ1) is 12.7. The van der Waals surface area contributed by atoms with Gasteiger partial charge in [-0.05, 0) is 38.8 Å². The summed E-state index contributed by atoms with van der Waals surface area (Å²) in [7, 11) is 0. The molecule has 3 heterocycles. The van der Waals surface area contributed by atoms with Crippen molar-refractivity contribution >= 4 is 5.91 Å². The van der Waals surface area contributed by atoms with Crippen LogP contribution < -0.4 is 5.32 Å². The average molecular weight is 262 g/mol. The van der Waals surface area contributed by atoms with Crippen molar-refractivity contribution in [3.05, 3.63) is 18.0 Å². The van der Waals surface area contributed by atoms with Gasteiger partial charge in [0.05, 0.1) is 6.20 Å². The summed E-state index contributed by atoms with van der Waals surface area (Å²) in [5.41, 5.74) is 1.15. The zero-order valence-electron chi connectivity index (χ0n) is 11.5. The van der Waals surface area contributed by atoms with Gasteiger partial charge in [0.1, 0.15) is 0 Å². The quantitative estimate of drug-likeness (QED) is 0.884. The molecule has 5 heteroatoms. The number of hydrogen-bond donors (Lipinski definition) is 1. The van der Waals surface area contributed by atoms with Gasteiger partial charge in [0.25, 0.3) is 0 Å². The normalized spacial score (nSPS) is 27.4. The number of hydrogen-bond acceptors (Lipinski definition) is 3. The monoisotopic (exact) mass is 262 g/mol. The fourth-order valence-electron chi connectivity index (χ4n) is 3.31. The third-order valence-electron chi connectivity index (χ3n) is 4.38. The topological polar surface area (TPSA) is 50.2 Å². The van der Waals surface area contributed by atoms with Crippen LogP contribution in [0.2, 0.25) is 0 Å². The van der Waals surface area contributed by atoms with Crippen molar-refractivity contribution in [3.8, 4) is 0 Å². The summed E-state index contributed by atoms with van der Waals surface area (Å²) in [6.45, 7) is 5.76. The summed E-state index contributed by atoms with van der Waals surface area (Å²) >= 11 is 0. The van der Waals surface area contributed by atoms with E-state index in [0.29, 0.717) is 24.3 Å². The molecule has 0 radical (unpaired) electrons. The van der Waals surface area contributed by atoms with Crippen molar-refractivity contribution < 1.29 is 4.79 Å². The number of rotatable bonds is 3. The Morgan fingerprint density at radius 3 is 3.16 bits per heavy atom. The first-order chi connectivity index (χ1) is 9.28. The minimum Gasteiger partial charge on any atom is -0.335 e. The number of likely N-dealkylation sites (tertiary alicyclic amines) is 1. The van der Waals surface area contributed by atoms with Crippen molar-refractivity contribution in [2.24, 2.45) is 5.92 Å². The van der Waals surface area contributed by atoms with Gasteiger partial charge < -0.3 is 10.2 Å². The van der Waals surface area contributed by atoms with E-state index in [9.17, 15) is 4.79 Å². The van der Waals surface area contributed by atoms with E-state index in [2.05, 4.69) is 28.4 Å². The highest BCUT2D eigenvalue weighted by Gasteiger charge is 2.36. The molecular weight excluding hydrogens is 240 g/mol. The second-order valence-corrected chi connectivity index (χ2v) is 5.58. The fraction of sp³-hybridized carbons (Fsp3) is 0.714. The van der Waals surface area contributed by atoms with Crippen LogP contribution in [-0.4, -0.2) is 39.7 Å². The molecule has 1 aromatic rings. The lowest BCUT2D eigenvalue weighted by Crippen LogP contribution is -2.54. The predicted molar refractivity (Wildman–Crippen MR) is 72.4 cm³/mol. The van der Waals surface area contributed by atoms with Gasteiger partial charge in [-0.15, -0.1) is 0 Å². The molecule has 19 heavy (non-hydrogen) atoms. The molecule has 2 aliphatic rings. The van der Waals surface area contributed by atoms with Crippen LogP contribution in [0.5, 0.6) is 0 Å². The highest BCUT2D eigenvalue weighted by molar-refractivity contribution is 5.77.